The SMILES string of the molecule is O=C(Nc1ccccc1Oc1ccccc1)c1ccc(C(=O)[O-])c(-c2ccccc2)c1. The Kier molecular flexibility index (Phi) is 5.76. The maximum Gasteiger partial charge on any atom is 0.255 e. The van der Waals surface area contributed by atoms with E-state index in [9.17, 15) is 14.7 Å². The number of carbonyl (C=O) groups is 2. The Morgan fingerprint density at radius 2 is 1.39 bits per heavy atom. The fraction of sp³-hybridized carbons (Fsp3) is 0. The maximum absolute atomic E-state index is 13.0. The molecule has 0 atom stereocenters. The molecule has 0 bridgehead atoms. The van der Waals surface area contributed by atoms with Crippen LogP contribution in [0.2, 0.25) is 0 Å². The van der Waals surface area contributed by atoms with E-state index in [1.807, 2.05) is 42.5 Å². The Labute approximate surface area is 179 Å². The molecule has 0 fully saturated rings. The first-order valence-electron chi connectivity index (χ1n) is 9.66. The zero-order chi connectivity index (χ0) is 21.6. The van der Waals surface area contributed by atoms with Crippen LogP contribution in [0.25, 0.3) is 11.1 Å². The summed E-state index contributed by atoms with van der Waals surface area (Å²) in [6.45, 7) is 0. The van der Waals surface area contributed by atoms with Crippen LogP contribution in [0.4, 0.5) is 5.69 Å². The second-order valence-corrected chi connectivity index (χ2v) is 6.78. The molecule has 4 aromatic rings. The molecule has 4 rings (SSSR count). The average molecular weight is 408 g/mol. The zero-order valence-electron chi connectivity index (χ0n) is 16.4. The molecule has 1 N–H and O–H groups in total. The van der Waals surface area contributed by atoms with Crippen molar-refractivity contribution in [3.63, 3.8) is 0 Å². The molecular weight excluding hydrogens is 390 g/mol. The van der Waals surface area contributed by atoms with Crippen LogP contribution < -0.4 is 15.2 Å². The van der Waals surface area contributed by atoms with Gasteiger partial charge in [-0.1, -0.05) is 66.7 Å². The summed E-state index contributed by atoms with van der Waals surface area (Å²) in [7, 11) is 0. The molecule has 5 heteroatoms. The number of ether oxygens (including phenoxy) is 1. The number of amides is 1. The van der Waals surface area contributed by atoms with Gasteiger partial charge in [0.2, 0.25) is 0 Å². The van der Waals surface area contributed by atoms with Gasteiger partial charge in [-0.25, -0.2) is 0 Å². The van der Waals surface area contributed by atoms with Crippen molar-refractivity contribution in [2.75, 3.05) is 5.32 Å². The van der Waals surface area contributed by atoms with Crippen molar-refractivity contribution in [2.45, 2.75) is 0 Å². The van der Waals surface area contributed by atoms with Crippen molar-refractivity contribution in [2.24, 2.45) is 0 Å². The summed E-state index contributed by atoms with van der Waals surface area (Å²) < 4.78 is 5.89. The topological polar surface area (TPSA) is 78.5 Å². The molecule has 0 radical (unpaired) electrons. The van der Waals surface area contributed by atoms with Gasteiger partial charge in [-0.15, -0.1) is 0 Å². The molecular formula is C26H18NO4-. The van der Waals surface area contributed by atoms with E-state index in [1.54, 1.807) is 48.5 Å². The number of carbonyl (C=O) groups excluding carboxylic acids is 2. The number of hydrogen-bond donors (Lipinski definition) is 1. The number of para-hydroxylation sites is 3. The Balaban J connectivity index is 1.64. The van der Waals surface area contributed by atoms with Crippen LogP contribution in [-0.4, -0.2) is 11.9 Å². The van der Waals surface area contributed by atoms with E-state index in [0.29, 0.717) is 33.9 Å². The third kappa shape index (κ3) is 4.62. The van der Waals surface area contributed by atoms with Gasteiger partial charge in [0.1, 0.15) is 5.75 Å². The minimum Gasteiger partial charge on any atom is -0.545 e. The normalized spacial score (nSPS) is 10.3. The summed E-state index contributed by atoms with van der Waals surface area (Å²) in [6.07, 6.45) is 0. The molecule has 0 saturated carbocycles. The predicted octanol–water partition coefficient (Wildman–Crippen LogP) is 4.76. The monoisotopic (exact) mass is 408 g/mol. The quantitative estimate of drug-likeness (QED) is 0.499. The van der Waals surface area contributed by atoms with Crippen molar-refractivity contribution in [3.05, 3.63) is 114 Å². The highest BCUT2D eigenvalue weighted by atomic mass is 16.5. The lowest BCUT2D eigenvalue weighted by atomic mass is 9.97. The molecule has 4 aromatic carbocycles. The summed E-state index contributed by atoms with van der Waals surface area (Å²) >= 11 is 0. The number of carboxylic acids is 1. The minimum atomic E-state index is -1.30. The Morgan fingerprint density at radius 1 is 0.742 bits per heavy atom. The highest BCUT2D eigenvalue weighted by Crippen LogP contribution is 2.30. The summed E-state index contributed by atoms with van der Waals surface area (Å²) in [5.74, 6) is -0.538. The summed E-state index contributed by atoms with van der Waals surface area (Å²) in [6, 6.07) is 29.8. The van der Waals surface area contributed by atoms with E-state index >= 15 is 0 Å². The number of benzene rings is 4. The van der Waals surface area contributed by atoms with Gasteiger partial charge in [0.05, 0.1) is 11.7 Å². The van der Waals surface area contributed by atoms with Gasteiger partial charge >= 0.3 is 0 Å². The van der Waals surface area contributed by atoms with Gasteiger partial charge < -0.3 is 20.0 Å². The smallest absolute Gasteiger partial charge is 0.255 e. The highest BCUT2D eigenvalue weighted by Gasteiger charge is 2.14. The van der Waals surface area contributed by atoms with E-state index in [2.05, 4.69) is 5.32 Å². The van der Waals surface area contributed by atoms with E-state index in [0.717, 1.165) is 0 Å². The van der Waals surface area contributed by atoms with Crippen molar-refractivity contribution >= 4 is 17.6 Å². The molecule has 0 aromatic heterocycles. The highest BCUT2D eigenvalue weighted by molar-refractivity contribution is 6.07. The van der Waals surface area contributed by atoms with Crippen LogP contribution >= 0.6 is 0 Å². The fourth-order valence-electron chi connectivity index (χ4n) is 3.19. The number of rotatable bonds is 6. The zero-order valence-corrected chi connectivity index (χ0v) is 16.4. The molecule has 0 aliphatic rings. The van der Waals surface area contributed by atoms with Crippen LogP contribution in [0.15, 0.2) is 103 Å². The van der Waals surface area contributed by atoms with Crippen molar-refractivity contribution < 1.29 is 19.4 Å². The first kappa shape index (κ1) is 19.9. The van der Waals surface area contributed by atoms with Gasteiger partial charge in [-0.2, -0.15) is 0 Å². The number of nitrogens with one attached hydrogen (secondary N) is 1. The molecule has 0 aliphatic heterocycles. The summed E-state index contributed by atoms with van der Waals surface area (Å²) in [5.41, 5.74) is 1.95. The molecule has 1 amide bonds. The number of hydrogen-bond acceptors (Lipinski definition) is 4. The molecule has 0 spiro atoms. The second-order valence-electron chi connectivity index (χ2n) is 6.78. The number of aromatic carboxylic acids is 1. The average Bonchev–Trinajstić information content (AvgIpc) is 2.81. The molecule has 0 unspecified atom stereocenters. The van der Waals surface area contributed by atoms with Crippen molar-refractivity contribution in [1.29, 1.82) is 0 Å². The molecule has 0 aliphatic carbocycles. The molecule has 0 heterocycles. The summed E-state index contributed by atoms with van der Waals surface area (Å²) in [5, 5.41) is 14.4. The standard InChI is InChI=1S/C26H19NO4/c28-25(27-23-13-7-8-14-24(23)31-20-11-5-2-6-12-20)19-15-16-21(26(29)30)22(17-19)18-9-3-1-4-10-18/h1-17H,(H,27,28)(H,29,30)/p-1. The van der Waals surface area contributed by atoms with Gasteiger partial charge in [-0.05, 0) is 47.5 Å². The van der Waals surface area contributed by atoms with Crippen molar-refractivity contribution in [1.82, 2.24) is 0 Å². The van der Waals surface area contributed by atoms with Crippen molar-refractivity contribution in [3.8, 4) is 22.6 Å². The van der Waals surface area contributed by atoms with Crippen LogP contribution in [0, 0.1) is 0 Å². The van der Waals surface area contributed by atoms with Crippen LogP contribution in [0.5, 0.6) is 11.5 Å². The number of anilines is 1. The second kappa shape index (κ2) is 8.97. The third-order valence-electron chi connectivity index (χ3n) is 4.69. The first-order valence-corrected chi connectivity index (χ1v) is 9.66. The maximum atomic E-state index is 13.0. The van der Waals surface area contributed by atoms with Gasteiger partial charge in [-0.3, -0.25) is 4.79 Å². The lowest BCUT2D eigenvalue weighted by Crippen LogP contribution is -2.23. The van der Waals surface area contributed by atoms with Gasteiger partial charge in [0.25, 0.3) is 5.91 Å². The lowest BCUT2D eigenvalue weighted by Gasteiger charge is -2.15. The first-order chi connectivity index (χ1) is 15.1. The molecule has 31 heavy (non-hydrogen) atoms. The van der Waals surface area contributed by atoms with Gasteiger partial charge in [0, 0.05) is 11.1 Å². The largest absolute Gasteiger partial charge is 0.545 e. The Hall–Kier alpha value is -4.38. The van der Waals surface area contributed by atoms with Crippen LogP contribution in [0.3, 0.4) is 0 Å². The molecule has 152 valence electrons. The minimum absolute atomic E-state index is 0.0237. The van der Waals surface area contributed by atoms with E-state index in [-0.39, 0.29) is 11.5 Å². The van der Waals surface area contributed by atoms with Crippen LogP contribution in [-0.2, 0) is 0 Å². The van der Waals surface area contributed by atoms with E-state index < -0.39 is 5.97 Å². The van der Waals surface area contributed by atoms with Gasteiger partial charge in [0.15, 0.2) is 5.75 Å². The fourth-order valence-corrected chi connectivity index (χ4v) is 3.19. The summed E-state index contributed by atoms with van der Waals surface area (Å²) in [4.78, 5) is 24.5. The Bertz CT molecular complexity index is 1220. The van der Waals surface area contributed by atoms with Crippen LogP contribution in [0.1, 0.15) is 20.7 Å². The molecule has 0 saturated heterocycles. The third-order valence-corrected chi connectivity index (χ3v) is 4.69. The molecule has 5 nitrogen and oxygen atoms in total. The van der Waals surface area contributed by atoms with E-state index in [4.69, 9.17) is 4.74 Å². The Morgan fingerprint density at radius 3 is 2.10 bits per heavy atom. The lowest BCUT2D eigenvalue weighted by molar-refractivity contribution is -0.254. The van der Waals surface area contributed by atoms with E-state index in [1.165, 1.54) is 12.1 Å². The number of carboxylic acid groups (broad SMARTS) is 1. The predicted molar refractivity (Wildman–Crippen MR) is 117 cm³/mol.